The smallest absolute Gasteiger partial charge is 0.417 e. The van der Waals surface area contributed by atoms with E-state index in [1.54, 1.807) is 25.1 Å². The molecule has 2 aliphatic rings. The molecule has 5 rings (SSSR count). The van der Waals surface area contributed by atoms with Gasteiger partial charge in [0.2, 0.25) is 11.9 Å². The highest BCUT2D eigenvalue weighted by molar-refractivity contribution is 6.32. The lowest BCUT2D eigenvalue weighted by molar-refractivity contribution is 0.167. The molecule has 12 heteroatoms. The number of aromatic amines is 1. The van der Waals surface area contributed by atoms with Crippen molar-refractivity contribution in [2.45, 2.75) is 45.7 Å². The van der Waals surface area contributed by atoms with E-state index >= 15 is 0 Å². The van der Waals surface area contributed by atoms with E-state index < -0.39 is 12.1 Å². The number of hydrogen-bond donors (Lipinski definition) is 2. The minimum atomic E-state index is -0.487. The maximum atomic E-state index is 13.0. The van der Waals surface area contributed by atoms with Crippen LogP contribution in [0.25, 0.3) is 10.9 Å². The Kier molecular flexibility index (Phi) is 7.16. The van der Waals surface area contributed by atoms with E-state index in [9.17, 15) is 9.59 Å². The molecule has 0 radical (unpaired) electrons. The highest BCUT2D eigenvalue weighted by Crippen LogP contribution is 2.31. The second-order valence-electron chi connectivity index (χ2n) is 9.35. The summed E-state index contributed by atoms with van der Waals surface area (Å²) in [5, 5.41) is 4.39. The summed E-state index contributed by atoms with van der Waals surface area (Å²) in [5.74, 6) is 1.76. The summed E-state index contributed by atoms with van der Waals surface area (Å²) in [6, 6.07) is 4.71. The van der Waals surface area contributed by atoms with Gasteiger partial charge in [-0.15, -0.1) is 0 Å². The number of nitrogens with one attached hydrogen (secondary N) is 2. The summed E-state index contributed by atoms with van der Waals surface area (Å²) >= 11 is 6.49. The molecule has 2 aliphatic heterocycles. The average molecular weight is 529 g/mol. The number of benzene rings is 1. The van der Waals surface area contributed by atoms with Crippen LogP contribution >= 0.6 is 11.6 Å². The number of pyridine rings is 1. The van der Waals surface area contributed by atoms with E-state index in [4.69, 9.17) is 25.8 Å². The molecule has 196 valence electrons. The van der Waals surface area contributed by atoms with Crippen molar-refractivity contribution < 1.29 is 19.0 Å². The number of rotatable bonds is 8. The normalized spacial score (nSPS) is 20.3. The molecule has 1 amide bonds. The number of cyclic esters (lactones) is 1. The number of H-pyrrole nitrogens is 1. The summed E-state index contributed by atoms with van der Waals surface area (Å²) in [4.78, 5) is 42.7. The van der Waals surface area contributed by atoms with Crippen molar-refractivity contribution >= 4 is 40.5 Å². The number of hydrogen-bond acceptors (Lipinski definition) is 9. The molecule has 3 aromatic rings. The molecule has 0 spiro atoms. The second kappa shape index (κ2) is 10.5. The van der Waals surface area contributed by atoms with E-state index in [0.717, 1.165) is 18.4 Å². The van der Waals surface area contributed by atoms with Crippen molar-refractivity contribution in [3.05, 3.63) is 45.0 Å². The van der Waals surface area contributed by atoms with Crippen molar-refractivity contribution in [3.63, 3.8) is 0 Å². The highest BCUT2D eigenvalue weighted by Gasteiger charge is 2.35. The summed E-state index contributed by atoms with van der Waals surface area (Å²) in [7, 11) is 0. The molecular formula is C25H29ClN6O5. The van der Waals surface area contributed by atoms with Crippen LogP contribution in [0.1, 0.15) is 44.1 Å². The summed E-state index contributed by atoms with van der Waals surface area (Å²) in [5.41, 5.74) is 0.844. The number of amides is 1. The van der Waals surface area contributed by atoms with Crippen molar-refractivity contribution in [1.29, 1.82) is 0 Å². The van der Waals surface area contributed by atoms with Crippen LogP contribution in [0.15, 0.2) is 23.0 Å². The Bertz CT molecular complexity index is 1380. The van der Waals surface area contributed by atoms with E-state index in [0.29, 0.717) is 53.2 Å². The van der Waals surface area contributed by atoms with Gasteiger partial charge in [-0.2, -0.15) is 15.0 Å². The Labute approximate surface area is 218 Å². The standard InChI is InChI=1S/C25H29ClN6O5/c1-4-17-12-37-25(34)32(17)24-29-14(3)28-23(31-24)27-13(2)18-7-16-8-19(26)21(9-20(16)30-22(18)33)36-11-15-5-6-35-10-15/h7-9,13,15,17H,4-6,10-12H2,1-3H3,(H,30,33)(H,27,28,29,31)/t13-,15?,17-/m0/s1. The average Bonchev–Trinajstić information content (AvgIpc) is 3.51. The molecule has 2 N–H and O–H groups in total. The van der Waals surface area contributed by atoms with Crippen LogP contribution in [0.2, 0.25) is 5.02 Å². The molecule has 2 saturated heterocycles. The molecular weight excluding hydrogens is 500 g/mol. The number of halogens is 1. The first kappa shape index (κ1) is 25.2. The number of nitrogens with zero attached hydrogens (tertiary/aromatic N) is 4. The number of carbonyl (C=O) groups is 1. The van der Waals surface area contributed by atoms with Crippen molar-refractivity contribution in [2.24, 2.45) is 5.92 Å². The van der Waals surface area contributed by atoms with Crippen LogP contribution in [0, 0.1) is 12.8 Å². The molecule has 4 heterocycles. The van der Waals surface area contributed by atoms with Gasteiger partial charge in [0.1, 0.15) is 18.2 Å². The first-order chi connectivity index (χ1) is 17.8. The summed E-state index contributed by atoms with van der Waals surface area (Å²) in [6.07, 6.45) is 1.17. The lowest BCUT2D eigenvalue weighted by atomic mass is 10.1. The fourth-order valence-corrected chi connectivity index (χ4v) is 4.72. The molecule has 0 bridgehead atoms. The molecule has 37 heavy (non-hydrogen) atoms. The zero-order valence-electron chi connectivity index (χ0n) is 20.9. The van der Waals surface area contributed by atoms with Crippen LogP contribution < -0.4 is 20.5 Å². The number of ether oxygens (including phenoxy) is 3. The van der Waals surface area contributed by atoms with Gasteiger partial charge in [0.25, 0.3) is 5.56 Å². The maximum Gasteiger partial charge on any atom is 0.417 e. The molecule has 0 aliphatic carbocycles. The predicted octanol–water partition coefficient (Wildman–Crippen LogP) is 4.00. The van der Waals surface area contributed by atoms with Gasteiger partial charge in [-0.1, -0.05) is 18.5 Å². The fourth-order valence-electron chi connectivity index (χ4n) is 4.50. The zero-order valence-corrected chi connectivity index (χ0v) is 21.7. The molecule has 2 aromatic heterocycles. The van der Waals surface area contributed by atoms with E-state index in [2.05, 4.69) is 25.3 Å². The Morgan fingerprint density at radius 3 is 2.84 bits per heavy atom. The number of fused-ring (bicyclic) bond motifs is 1. The predicted molar refractivity (Wildman–Crippen MR) is 139 cm³/mol. The van der Waals surface area contributed by atoms with Crippen LogP contribution in [-0.2, 0) is 9.47 Å². The lowest BCUT2D eigenvalue weighted by Crippen LogP contribution is -2.35. The first-order valence-electron chi connectivity index (χ1n) is 12.3. The van der Waals surface area contributed by atoms with Gasteiger partial charge in [0.15, 0.2) is 0 Å². The van der Waals surface area contributed by atoms with E-state index in [-0.39, 0.29) is 30.1 Å². The van der Waals surface area contributed by atoms with Crippen LogP contribution in [-0.4, -0.2) is 58.5 Å². The van der Waals surface area contributed by atoms with Gasteiger partial charge in [-0.3, -0.25) is 4.79 Å². The van der Waals surface area contributed by atoms with Crippen LogP contribution in [0.5, 0.6) is 5.75 Å². The monoisotopic (exact) mass is 528 g/mol. The lowest BCUT2D eigenvalue weighted by Gasteiger charge is -2.20. The Balaban J connectivity index is 1.37. The highest BCUT2D eigenvalue weighted by atomic mass is 35.5. The summed E-state index contributed by atoms with van der Waals surface area (Å²) in [6.45, 7) is 7.74. The Morgan fingerprint density at radius 2 is 2.08 bits per heavy atom. The first-order valence-corrected chi connectivity index (χ1v) is 12.7. The molecule has 0 saturated carbocycles. The van der Waals surface area contributed by atoms with Crippen molar-refractivity contribution in [2.75, 3.05) is 36.6 Å². The maximum absolute atomic E-state index is 13.0. The third-order valence-electron chi connectivity index (χ3n) is 6.62. The van der Waals surface area contributed by atoms with Crippen molar-refractivity contribution in [1.82, 2.24) is 19.9 Å². The fraction of sp³-hybridized carbons (Fsp3) is 0.480. The molecule has 11 nitrogen and oxygen atoms in total. The van der Waals surface area contributed by atoms with Gasteiger partial charge >= 0.3 is 6.09 Å². The number of aromatic nitrogens is 4. The quantitative estimate of drug-likeness (QED) is 0.445. The topological polar surface area (TPSA) is 132 Å². The molecule has 1 aromatic carbocycles. The summed E-state index contributed by atoms with van der Waals surface area (Å²) < 4.78 is 16.5. The second-order valence-corrected chi connectivity index (χ2v) is 9.75. The van der Waals surface area contributed by atoms with Gasteiger partial charge in [-0.05, 0) is 38.8 Å². The van der Waals surface area contributed by atoms with Gasteiger partial charge in [0, 0.05) is 29.5 Å². The van der Waals surface area contributed by atoms with Gasteiger partial charge in [0.05, 0.1) is 35.8 Å². The third kappa shape index (κ3) is 5.33. The van der Waals surface area contributed by atoms with Crippen LogP contribution in [0.3, 0.4) is 0 Å². The third-order valence-corrected chi connectivity index (χ3v) is 6.91. The minimum absolute atomic E-state index is 0.145. The number of aryl methyl sites for hydroxylation is 1. The SMILES string of the molecule is CC[C@H]1COC(=O)N1c1nc(C)nc(N[C@@H](C)c2cc3cc(Cl)c(OCC4CCOC4)cc3[nH]c2=O)n1. The van der Waals surface area contributed by atoms with E-state index in [1.165, 1.54) is 4.90 Å². The van der Waals surface area contributed by atoms with E-state index in [1.807, 2.05) is 13.8 Å². The van der Waals surface area contributed by atoms with Crippen molar-refractivity contribution in [3.8, 4) is 5.75 Å². The number of carbonyl (C=O) groups excluding carboxylic acids is 1. The molecule has 2 fully saturated rings. The Morgan fingerprint density at radius 1 is 1.24 bits per heavy atom. The minimum Gasteiger partial charge on any atom is -0.492 e. The van der Waals surface area contributed by atoms with Gasteiger partial charge in [-0.25, -0.2) is 9.69 Å². The molecule has 3 atom stereocenters. The number of anilines is 2. The largest absolute Gasteiger partial charge is 0.492 e. The zero-order chi connectivity index (χ0) is 26.1. The Hall–Kier alpha value is -3.44. The van der Waals surface area contributed by atoms with Crippen LogP contribution in [0.4, 0.5) is 16.7 Å². The molecule has 1 unspecified atom stereocenters. The van der Waals surface area contributed by atoms with Gasteiger partial charge < -0.3 is 24.5 Å².